The standard InChI is InChI=1S/C9H9N3OS/c1-14-7-4-2-3-6(5-7)8-11-12-9(10)13-8/h2-5H,1H3,(H2,10,12). The SMILES string of the molecule is CSc1cccc(-c2nnc(N)o2)c1. The predicted molar refractivity (Wildman–Crippen MR) is 55.9 cm³/mol. The highest BCUT2D eigenvalue weighted by molar-refractivity contribution is 7.98. The second kappa shape index (κ2) is 3.71. The molecule has 1 aromatic carbocycles. The van der Waals surface area contributed by atoms with Crippen molar-refractivity contribution in [2.75, 3.05) is 12.0 Å². The molecule has 0 amide bonds. The molecule has 1 heterocycles. The summed E-state index contributed by atoms with van der Waals surface area (Å²) in [7, 11) is 0. The summed E-state index contributed by atoms with van der Waals surface area (Å²) in [6.07, 6.45) is 2.02. The van der Waals surface area contributed by atoms with Gasteiger partial charge in [0.15, 0.2) is 0 Å². The molecule has 0 bridgehead atoms. The number of hydrogen-bond donors (Lipinski definition) is 1. The molecule has 2 aromatic rings. The van der Waals surface area contributed by atoms with Crippen LogP contribution >= 0.6 is 11.8 Å². The van der Waals surface area contributed by atoms with Gasteiger partial charge in [0.1, 0.15) is 0 Å². The van der Waals surface area contributed by atoms with E-state index in [1.807, 2.05) is 30.5 Å². The van der Waals surface area contributed by atoms with Crippen LogP contribution in [-0.4, -0.2) is 16.5 Å². The Bertz CT molecular complexity index is 441. The summed E-state index contributed by atoms with van der Waals surface area (Å²) in [5, 5.41) is 7.41. The van der Waals surface area contributed by atoms with Crippen molar-refractivity contribution in [3.05, 3.63) is 24.3 Å². The first-order chi connectivity index (χ1) is 6.79. The van der Waals surface area contributed by atoms with Crippen molar-refractivity contribution in [3.8, 4) is 11.5 Å². The van der Waals surface area contributed by atoms with E-state index >= 15 is 0 Å². The van der Waals surface area contributed by atoms with Crippen molar-refractivity contribution >= 4 is 17.8 Å². The van der Waals surface area contributed by atoms with Crippen LogP contribution in [0.4, 0.5) is 6.01 Å². The molecule has 0 aliphatic carbocycles. The fraction of sp³-hybridized carbons (Fsp3) is 0.111. The number of rotatable bonds is 2. The zero-order chi connectivity index (χ0) is 9.97. The number of nitrogen functional groups attached to an aromatic ring is 1. The van der Waals surface area contributed by atoms with Gasteiger partial charge >= 0.3 is 6.01 Å². The van der Waals surface area contributed by atoms with Gasteiger partial charge in [0.25, 0.3) is 0 Å². The minimum Gasteiger partial charge on any atom is -0.404 e. The van der Waals surface area contributed by atoms with E-state index in [1.54, 1.807) is 11.8 Å². The number of benzene rings is 1. The first kappa shape index (κ1) is 9.08. The van der Waals surface area contributed by atoms with Gasteiger partial charge in [-0.05, 0) is 24.5 Å². The number of nitrogens with two attached hydrogens (primary N) is 1. The van der Waals surface area contributed by atoms with Crippen LogP contribution in [0.3, 0.4) is 0 Å². The molecule has 0 saturated heterocycles. The lowest BCUT2D eigenvalue weighted by atomic mass is 10.2. The molecule has 2 rings (SSSR count). The third-order valence-electron chi connectivity index (χ3n) is 1.76. The van der Waals surface area contributed by atoms with Crippen molar-refractivity contribution in [2.24, 2.45) is 0 Å². The average molecular weight is 207 g/mol. The third-order valence-corrected chi connectivity index (χ3v) is 2.48. The third kappa shape index (κ3) is 1.72. The van der Waals surface area contributed by atoms with Crippen molar-refractivity contribution in [1.29, 1.82) is 0 Å². The Morgan fingerprint density at radius 1 is 1.36 bits per heavy atom. The van der Waals surface area contributed by atoms with Gasteiger partial charge in [-0.2, -0.15) is 0 Å². The van der Waals surface area contributed by atoms with Gasteiger partial charge < -0.3 is 10.2 Å². The maximum atomic E-state index is 5.34. The Morgan fingerprint density at radius 3 is 2.86 bits per heavy atom. The predicted octanol–water partition coefficient (Wildman–Crippen LogP) is 2.04. The molecule has 0 radical (unpaired) electrons. The monoisotopic (exact) mass is 207 g/mol. The maximum absolute atomic E-state index is 5.34. The first-order valence-electron chi connectivity index (χ1n) is 4.03. The largest absolute Gasteiger partial charge is 0.404 e. The number of aromatic nitrogens is 2. The van der Waals surface area contributed by atoms with Crippen LogP contribution in [0.2, 0.25) is 0 Å². The molecule has 0 saturated carbocycles. The summed E-state index contributed by atoms with van der Waals surface area (Å²) in [5.74, 6) is 0.457. The van der Waals surface area contributed by atoms with Crippen LogP contribution in [0.15, 0.2) is 33.6 Å². The second-order valence-electron chi connectivity index (χ2n) is 2.68. The molecule has 0 spiro atoms. The lowest BCUT2D eigenvalue weighted by Gasteiger charge is -1.97. The van der Waals surface area contributed by atoms with E-state index in [9.17, 15) is 0 Å². The van der Waals surface area contributed by atoms with Crippen LogP contribution in [0, 0.1) is 0 Å². The summed E-state index contributed by atoms with van der Waals surface area (Å²) < 4.78 is 5.12. The van der Waals surface area contributed by atoms with Crippen molar-refractivity contribution in [3.63, 3.8) is 0 Å². The summed E-state index contributed by atoms with van der Waals surface area (Å²) in [6.45, 7) is 0. The van der Waals surface area contributed by atoms with Crippen LogP contribution in [0.25, 0.3) is 11.5 Å². The Hall–Kier alpha value is -1.49. The number of anilines is 1. The van der Waals surface area contributed by atoms with E-state index in [-0.39, 0.29) is 6.01 Å². The Morgan fingerprint density at radius 2 is 2.21 bits per heavy atom. The lowest BCUT2D eigenvalue weighted by Crippen LogP contribution is -1.81. The van der Waals surface area contributed by atoms with E-state index in [0.29, 0.717) is 5.89 Å². The fourth-order valence-electron chi connectivity index (χ4n) is 1.11. The fourth-order valence-corrected chi connectivity index (χ4v) is 1.57. The Labute approximate surface area is 85.5 Å². The molecule has 72 valence electrons. The quantitative estimate of drug-likeness (QED) is 0.763. The maximum Gasteiger partial charge on any atom is 0.313 e. The van der Waals surface area contributed by atoms with Gasteiger partial charge in [-0.25, -0.2) is 0 Å². The van der Waals surface area contributed by atoms with Gasteiger partial charge in [0.2, 0.25) is 5.89 Å². The van der Waals surface area contributed by atoms with Crippen molar-refractivity contribution < 1.29 is 4.42 Å². The molecule has 0 aliphatic rings. The van der Waals surface area contributed by atoms with Gasteiger partial charge in [-0.3, -0.25) is 0 Å². The molecule has 0 fully saturated rings. The smallest absolute Gasteiger partial charge is 0.313 e. The van der Waals surface area contributed by atoms with Crippen molar-refractivity contribution in [2.45, 2.75) is 4.90 Å². The topological polar surface area (TPSA) is 64.9 Å². The van der Waals surface area contributed by atoms with E-state index in [2.05, 4.69) is 10.2 Å². The lowest BCUT2D eigenvalue weighted by molar-refractivity contribution is 0.590. The summed E-state index contributed by atoms with van der Waals surface area (Å²) in [6, 6.07) is 7.95. The first-order valence-corrected chi connectivity index (χ1v) is 5.25. The van der Waals surface area contributed by atoms with Gasteiger partial charge in [0, 0.05) is 10.5 Å². The van der Waals surface area contributed by atoms with E-state index in [0.717, 1.165) is 10.5 Å². The van der Waals surface area contributed by atoms with Crippen LogP contribution in [0.5, 0.6) is 0 Å². The number of hydrogen-bond acceptors (Lipinski definition) is 5. The molecule has 0 aliphatic heterocycles. The summed E-state index contributed by atoms with van der Waals surface area (Å²) in [4.78, 5) is 1.15. The molecule has 1 aromatic heterocycles. The van der Waals surface area contributed by atoms with Crippen molar-refractivity contribution in [1.82, 2.24) is 10.2 Å². The minimum absolute atomic E-state index is 0.0922. The van der Waals surface area contributed by atoms with Crippen LogP contribution in [-0.2, 0) is 0 Å². The zero-order valence-corrected chi connectivity index (χ0v) is 8.41. The van der Waals surface area contributed by atoms with E-state index in [4.69, 9.17) is 10.2 Å². The van der Waals surface area contributed by atoms with Gasteiger partial charge in [-0.1, -0.05) is 11.2 Å². The Kier molecular flexibility index (Phi) is 2.41. The number of nitrogens with zero attached hydrogens (tertiary/aromatic N) is 2. The Balaban J connectivity index is 2.41. The van der Waals surface area contributed by atoms with Crippen LogP contribution < -0.4 is 5.73 Å². The van der Waals surface area contributed by atoms with Crippen LogP contribution in [0.1, 0.15) is 0 Å². The summed E-state index contributed by atoms with van der Waals surface area (Å²) in [5.41, 5.74) is 6.23. The molecular weight excluding hydrogens is 198 g/mol. The van der Waals surface area contributed by atoms with Gasteiger partial charge in [-0.15, -0.1) is 16.9 Å². The molecular formula is C9H9N3OS. The van der Waals surface area contributed by atoms with E-state index < -0.39 is 0 Å². The van der Waals surface area contributed by atoms with E-state index in [1.165, 1.54) is 0 Å². The molecule has 0 atom stereocenters. The molecule has 14 heavy (non-hydrogen) atoms. The second-order valence-corrected chi connectivity index (χ2v) is 3.56. The molecule has 4 nitrogen and oxygen atoms in total. The average Bonchev–Trinajstić information content (AvgIpc) is 2.65. The zero-order valence-electron chi connectivity index (χ0n) is 7.60. The molecule has 5 heteroatoms. The number of thioether (sulfide) groups is 1. The molecule has 0 unspecified atom stereocenters. The van der Waals surface area contributed by atoms with Gasteiger partial charge in [0.05, 0.1) is 0 Å². The normalized spacial score (nSPS) is 10.4. The minimum atomic E-state index is 0.0922. The highest BCUT2D eigenvalue weighted by Crippen LogP contribution is 2.23. The highest BCUT2D eigenvalue weighted by Gasteiger charge is 2.05. The summed E-state index contributed by atoms with van der Waals surface area (Å²) >= 11 is 1.66. The highest BCUT2D eigenvalue weighted by atomic mass is 32.2. The molecule has 2 N–H and O–H groups in total.